The molecule has 0 unspecified atom stereocenters. The molecule has 0 bridgehead atoms. The lowest BCUT2D eigenvalue weighted by atomic mass is 10.2. The molecule has 2 aromatic carbocycles. The number of H-pyrrole nitrogens is 1. The molecule has 2 heterocycles. The molecule has 0 spiro atoms. The summed E-state index contributed by atoms with van der Waals surface area (Å²) < 4.78 is 1.32. The van der Waals surface area contributed by atoms with Crippen LogP contribution in [0.25, 0.3) is 27.5 Å². The number of aromatic carboxylic acids is 1. The van der Waals surface area contributed by atoms with E-state index in [-0.39, 0.29) is 11.1 Å². The maximum absolute atomic E-state index is 12.7. The fourth-order valence-electron chi connectivity index (χ4n) is 2.74. The summed E-state index contributed by atoms with van der Waals surface area (Å²) in [5, 5.41) is 13.8. The molecule has 6 nitrogen and oxygen atoms in total. The number of carboxylic acids is 1. The van der Waals surface area contributed by atoms with Crippen molar-refractivity contribution in [1.82, 2.24) is 14.8 Å². The number of aromatic nitrogens is 3. The first-order valence-corrected chi connectivity index (χ1v) is 7.93. The number of hydrogen-bond acceptors (Lipinski definition) is 3. The van der Waals surface area contributed by atoms with Crippen molar-refractivity contribution in [2.24, 2.45) is 0 Å². The first kappa shape index (κ1) is 15.7. The number of carboxylic acid groups (broad SMARTS) is 1. The van der Waals surface area contributed by atoms with Crippen LogP contribution >= 0.6 is 23.2 Å². The van der Waals surface area contributed by atoms with Crippen LogP contribution in [0.3, 0.4) is 0 Å². The summed E-state index contributed by atoms with van der Waals surface area (Å²) in [5.74, 6) is -1.03. The van der Waals surface area contributed by atoms with E-state index in [1.165, 1.54) is 23.0 Å². The highest BCUT2D eigenvalue weighted by Gasteiger charge is 2.15. The van der Waals surface area contributed by atoms with Crippen LogP contribution in [0.5, 0.6) is 0 Å². The van der Waals surface area contributed by atoms with Crippen molar-refractivity contribution in [2.45, 2.75) is 0 Å². The third kappa shape index (κ3) is 2.47. The van der Waals surface area contributed by atoms with E-state index >= 15 is 0 Å². The Morgan fingerprint density at radius 2 is 1.88 bits per heavy atom. The van der Waals surface area contributed by atoms with Gasteiger partial charge in [0, 0.05) is 16.6 Å². The van der Waals surface area contributed by atoms with E-state index < -0.39 is 5.97 Å². The van der Waals surface area contributed by atoms with Gasteiger partial charge in [0.1, 0.15) is 0 Å². The minimum Gasteiger partial charge on any atom is -0.478 e. The Bertz CT molecular complexity index is 1210. The predicted octanol–water partition coefficient (Wildman–Crippen LogP) is 3.87. The molecule has 25 heavy (non-hydrogen) atoms. The molecule has 0 fully saturated rings. The van der Waals surface area contributed by atoms with Crippen LogP contribution in [0.15, 0.2) is 47.4 Å². The van der Waals surface area contributed by atoms with Crippen LogP contribution in [0.2, 0.25) is 10.0 Å². The molecule has 4 rings (SSSR count). The van der Waals surface area contributed by atoms with E-state index in [4.69, 9.17) is 28.3 Å². The molecular formula is C17H9Cl2N3O3. The number of hydrogen-bond donors (Lipinski definition) is 2. The molecule has 124 valence electrons. The molecule has 0 atom stereocenters. The second kappa shape index (κ2) is 5.61. The zero-order valence-electron chi connectivity index (χ0n) is 12.5. The third-order valence-electron chi connectivity index (χ3n) is 3.92. The average Bonchev–Trinajstić information content (AvgIpc) is 2.91. The lowest BCUT2D eigenvalue weighted by molar-refractivity contribution is 0.0697. The van der Waals surface area contributed by atoms with E-state index in [2.05, 4.69) is 10.1 Å². The van der Waals surface area contributed by atoms with Crippen molar-refractivity contribution >= 4 is 51.0 Å². The van der Waals surface area contributed by atoms with E-state index in [1.54, 1.807) is 24.3 Å². The molecule has 2 aromatic heterocycles. The fraction of sp³-hybridized carbons (Fsp3) is 0. The Morgan fingerprint density at radius 3 is 2.56 bits per heavy atom. The van der Waals surface area contributed by atoms with E-state index in [9.17, 15) is 9.59 Å². The number of carbonyl (C=O) groups is 1. The number of pyridine rings is 1. The molecule has 0 saturated carbocycles. The monoisotopic (exact) mass is 373 g/mol. The van der Waals surface area contributed by atoms with Gasteiger partial charge >= 0.3 is 5.97 Å². The maximum atomic E-state index is 12.7. The van der Waals surface area contributed by atoms with Crippen molar-refractivity contribution in [3.8, 4) is 5.69 Å². The molecule has 8 heteroatoms. The summed E-state index contributed by atoms with van der Waals surface area (Å²) in [6, 6.07) is 9.21. The van der Waals surface area contributed by atoms with Crippen LogP contribution < -0.4 is 5.56 Å². The van der Waals surface area contributed by atoms with Crippen molar-refractivity contribution in [1.29, 1.82) is 0 Å². The Morgan fingerprint density at radius 1 is 1.16 bits per heavy atom. The van der Waals surface area contributed by atoms with Gasteiger partial charge in [-0.1, -0.05) is 23.2 Å². The molecule has 0 amide bonds. The van der Waals surface area contributed by atoms with Gasteiger partial charge in [-0.3, -0.25) is 14.9 Å². The standard InChI is InChI=1S/C17H9Cl2N3O3/c18-9-5-12(19)14-13(6-9)20-7-11-15(14)21-22(16(11)23)10-3-1-8(2-4-10)17(24)25/h1-7,21H,(H,24,25). The number of rotatable bonds is 2. The first-order chi connectivity index (χ1) is 12.0. The van der Waals surface area contributed by atoms with Gasteiger partial charge in [0.05, 0.1) is 32.7 Å². The van der Waals surface area contributed by atoms with E-state index in [0.717, 1.165) is 0 Å². The summed E-state index contributed by atoms with van der Waals surface area (Å²) in [7, 11) is 0. The van der Waals surface area contributed by atoms with Gasteiger partial charge in [0.15, 0.2) is 0 Å². The van der Waals surface area contributed by atoms with Crippen molar-refractivity contribution in [2.75, 3.05) is 0 Å². The summed E-state index contributed by atoms with van der Waals surface area (Å²) in [5.41, 5.74) is 1.44. The molecule has 0 aliphatic heterocycles. The fourth-order valence-corrected chi connectivity index (χ4v) is 3.32. The minimum atomic E-state index is -1.03. The van der Waals surface area contributed by atoms with Gasteiger partial charge in [-0.15, -0.1) is 0 Å². The van der Waals surface area contributed by atoms with Gasteiger partial charge in [0.2, 0.25) is 0 Å². The maximum Gasteiger partial charge on any atom is 0.335 e. The molecule has 4 aromatic rings. The predicted molar refractivity (Wildman–Crippen MR) is 96.2 cm³/mol. The van der Waals surface area contributed by atoms with Crippen LogP contribution in [0, 0.1) is 0 Å². The first-order valence-electron chi connectivity index (χ1n) is 7.18. The Balaban J connectivity index is 2.00. The van der Waals surface area contributed by atoms with Gasteiger partial charge in [-0.25, -0.2) is 9.48 Å². The number of nitrogens with one attached hydrogen (secondary N) is 1. The molecule has 0 aliphatic carbocycles. The topological polar surface area (TPSA) is 88.0 Å². The Labute approximate surface area is 150 Å². The van der Waals surface area contributed by atoms with Crippen LogP contribution in [0.4, 0.5) is 0 Å². The highest BCUT2D eigenvalue weighted by Crippen LogP contribution is 2.31. The third-order valence-corrected chi connectivity index (χ3v) is 4.43. The molecular weight excluding hydrogens is 365 g/mol. The van der Waals surface area contributed by atoms with Gasteiger partial charge < -0.3 is 5.11 Å². The molecule has 0 saturated heterocycles. The largest absolute Gasteiger partial charge is 0.478 e. The number of nitrogens with zero attached hydrogens (tertiary/aromatic N) is 2. The summed E-state index contributed by atoms with van der Waals surface area (Å²) in [6.45, 7) is 0. The Kier molecular flexibility index (Phi) is 3.52. The van der Waals surface area contributed by atoms with Crippen LogP contribution in [-0.4, -0.2) is 25.8 Å². The van der Waals surface area contributed by atoms with Crippen molar-refractivity contribution in [3.05, 3.63) is 68.6 Å². The number of fused-ring (bicyclic) bond motifs is 3. The van der Waals surface area contributed by atoms with Crippen LogP contribution in [0.1, 0.15) is 10.4 Å². The number of halogens is 2. The van der Waals surface area contributed by atoms with Gasteiger partial charge in [-0.05, 0) is 36.4 Å². The normalized spacial score (nSPS) is 11.3. The molecule has 2 N–H and O–H groups in total. The zero-order chi connectivity index (χ0) is 17.7. The smallest absolute Gasteiger partial charge is 0.335 e. The Hall–Kier alpha value is -2.83. The molecule has 0 radical (unpaired) electrons. The lowest BCUT2D eigenvalue weighted by Crippen LogP contribution is -2.14. The minimum absolute atomic E-state index is 0.137. The highest BCUT2D eigenvalue weighted by atomic mass is 35.5. The number of benzene rings is 2. The highest BCUT2D eigenvalue weighted by molar-refractivity contribution is 6.40. The second-order valence-corrected chi connectivity index (χ2v) is 6.28. The molecule has 0 aliphatic rings. The average molecular weight is 374 g/mol. The lowest BCUT2D eigenvalue weighted by Gasteiger charge is -2.03. The van der Waals surface area contributed by atoms with Crippen molar-refractivity contribution in [3.63, 3.8) is 0 Å². The van der Waals surface area contributed by atoms with Crippen molar-refractivity contribution < 1.29 is 9.90 Å². The summed E-state index contributed by atoms with van der Waals surface area (Å²) in [6.07, 6.45) is 1.46. The summed E-state index contributed by atoms with van der Waals surface area (Å²) in [4.78, 5) is 27.9. The van der Waals surface area contributed by atoms with Gasteiger partial charge in [-0.2, -0.15) is 0 Å². The van der Waals surface area contributed by atoms with E-state index in [0.29, 0.717) is 37.5 Å². The zero-order valence-corrected chi connectivity index (χ0v) is 14.0. The number of aromatic amines is 1. The van der Waals surface area contributed by atoms with Crippen LogP contribution in [-0.2, 0) is 0 Å². The second-order valence-electron chi connectivity index (χ2n) is 5.43. The van der Waals surface area contributed by atoms with E-state index in [1.807, 2.05) is 0 Å². The van der Waals surface area contributed by atoms with Gasteiger partial charge in [0.25, 0.3) is 5.56 Å². The summed E-state index contributed by atoms with van der Waals surface area (Å²) >= 11 is 12.3. The quantitative estimate of drug-likeness (QED) is 0.558. The SMILES string of the molecule is O=C(O)c1ccc(-n2[nH]c3c(cnc4cc(Cl)cc(Cl)c43)c2=O)cc1.